The van der Waals surface area contributed by atoms with E-state index in [4.69, 9.17) is 0 Å². The van der Waals surface area contributed by atoms with Gasteiger partial charge in [0.25, 0.3) is 0 Å². The Labute approximate surface area is 122 Å². The molecule has 0 aliphatic carbocycles. The normalized spacial score (nSPS) is 12.9. The van der Waals surface area contributed by atoms with Crippen molar-refractivity contribution in [3.05, 3.63) is 33.8 Å². The first-order valence-corrected chi connectivity index (χ1v) is 7.32. The van der Waals surface area contributed by atoms with Crippen LogP contribution in [0.1, 0.15) is 37.0 Å². The first-order chi connectivity index (χ1) is 9.08. The van der Waals surface area contributed by atoms with Crippen LogP contribution >= 0.6 is 15.9 Å². The standard InChI is InChI=1S/C13H20BrN5/c1-5-15-12(11-7-9(3)17-18(11)4)13-10(14)8-16-19(13)6-2/h7-8,12,15H,5-6H2,1-4H3. The fourth-order valence-electron chi connectivity index (χ4n) is 2.36. The Bertz CT molecular complexity index is 557. The Kier molecular flexibility index (Phi) is 4.42. The quantitative estimate of drug-likeness (QED) is 0.918. The maximum atomic E-state index is 4.44. The minimum atomic E-state index is 0.0908. The van der Waals surface area contributed by atoms with Crippen LogP contribution in [0.15, 0.2) is 16.7 Å². The molecule has 6 heteroatoms. The van der Waals surface area contributed by atoms with Crippen LogP contribution in [0.5, 0.6) is 0 Å². The molecule has 1 atom stereocenters. The third kappa shape index (κ3) is 2.74. The smallest absolute Gasteiger partial charge is 0.0930 e. The molecule has 1 N–H and O–H groups in total. The summed E-state index contributed by atoms with van der Waals surface area (Å²) in [6, 6.07) is 2.21. The van der Waals surface area contributed by atoms with E-state index in [1.807, 2.05) is 29.5 Å². The Morgan fingerprint density at radius 3 is 2.68 bits per heavy atom. The van der Waals surface area contributed by atoms with Gasteiger partial charge in [-0.1, -0.05) is 6.92 Å². The predicted octanol–water partition coefficient (Wildman–Crippen LogP) is 2.41. The summed E-state index contributed by atoms with van der Waals surface area (Å²) in [5.41, 5.74) is 3.32. The van der Waals surface area contributed by atoms with E-state index in [0.29, 0.717) is 0 Å². The molecule has 2 aromatic rings. The lowest BCUT2D eigenvalue weighted by Gasteiger charge is -2.20. The van der Waals surface area contributed by atoms with Crippen molar-refractivity contribution in [1.82, 2.24) is 24.9 Å². The highest BCUT2D eigenvalue weighted by Gasteiger charge is 2.23. The number of hydrogen-bond acceptors (Lipinski definition) is 3. The third-order valence-corrected chi connectivity index (χ3v) is 3.76. The predicted molar refractivity (Wildman–Crippen MR) is 79.1 cm³/mol. The van der Waals surface area contributed by atoms with Crippen molar-refractivity contribution < 1.29 is 0 Å². The van der Waals surface area contributed by atoms with Crippen LogP contribution in [0.4, 0.5) is 0 Å². The first kappa shape index (κ1) is 14.3. The highest BCUT2D eigenvalue weighted by Crippen LogP contribution is 2.28. The van der Waals surface area contributed by atoms with E-state index in [2.05, 4.69) is 51.4 Å². The Morgan fingerprint density at radius 2 is 2.16 bits per heavy atom. The average molecular weight is 326 g/mol. The minimum Gasteiger partial charge on any atom is -0.304 e. The van der Waals surface area contributed by atoms with Crippen molar-refractivity contribution in [3.63, 3.8) is 0 Å². The molecule has 0 aromatic carbocycles. The molecule has 0 spiro atoms. The van der Waals surface area contributed by atoms with Crippen LogP contribution in [0, 0.1) is 6.92 Å². The lowest BCUT2D eigenvalue weighted by Crippen LogP contribution is -2.27. The summed E-state index contributed by atoms with van der Waals surface area (Å²) in [6.07, 6.45) is 1.85. The molecule has 5 nitrogen and oxygen atoms in total. The monoisotopic (exact) mass is 325 g/mol. The van der Waals surface area contributed by atoms with E-state index < -0.39 is 0 Å². The van der Waals surface area contributed by atoms with Gasteiger partial charge in [-0.3, -0.25) is 9.36 Å². The molecule has 104 valence electrons. The van der Waals surface area contributed by atoms with Gasteiger partial charge in [0, 0.05) is 13.6 Å². The van der Waals surface area contributed by atoms with Gasteiger partial charge in [0.2, 0.25) is 0 Å². The van der Waals surface area contributed by atoms with Gasteiger partial charge in [-0.15, -0.1) is 0 Å². The molecule has 0 aliphatic heterocycles. The molecule has 19 heavy (non-hydrogen) atoms. The van der Waals surface area contributed by atoms with Crippen molar-refractivity contribution in [3.8, 4) is 0 Å². The summed E-state index contributed by atoms with van der Waals surface area (Å²) in [6.45, 7) is 7.95. The molecule has 2 rings (SSSR count). The molecular formula is C13H20BrN5. The first-order valence-electron chi connectivity index (χ1n) is 6.53. The van der Waals surface area contributed by atoms with E-state index in [0.717, 1.165) is 34.6 Å². The van der Waals surface area contributed by atoms with Gasteiger partial charge in [0.1, 0.15) is 0 Å². The van der Waals surface area contributed by atoms with Crippen LogP contribution < -0.4 is 5.32 Å². The number of aryl methyl sites for hydroxylation is 3. The van der Waals surface area contributed by atoms with Gasteiger partial charge in [-0.2, -0.15) is 10.2 Å². The topological polar surface area (TPSA) is 47.7 Å². The summed E-state index contributed by atoms with van der Waals surface area (Å²) >= 11 is 3.60. The van der Waals surface area contributed by atoms with Crippen molar-refractivity contribution in [1.29, 1.82) is 0 Å². The fraction of sp³-hybridized carbons (Fsp3) is 0.538. The molecule has 0 saturated carbocycles. The summed E-state index contributed by atoms with van der Waals surface area (Å²) in [4.78, 5) is 0. The zero-order valence-electron chi connectivity index (χ0n) is 11.8. The van der Waals surface area contributed by atoms with Crippen molar-refractivity contribution in [2.75, 3.05) is 6.54 Å². The summed E-state index contributed by atoms with van der Waals surface area (Å²) in [5.74, 6) is 0. The Balaban J connectivity index is 2.51. The molecular weight excluding hydrogens is 306 g/mol. The highest BCUT2D eigenvalue weighted by atomic mass is 79.9. The second kappa shape index (κ2) is 5.88. The van der Waals surface area contributed by atoms with Gasteiger partial charge in [0.15, 0.2) is 0 Å². The number of nitrogens with one attached hydrogen (secondary N) is 1. The van der Waals surface area contributed by atoms with Crippen LogP contribution in [-0.4, -0.2) is 26.1 Å². The molecule has 0 fully saturated rings. The van der Waals surface area contributed by atoms with E-state index in [1.54, 1.807) is 0 Å². The third-order valence-electron chi connectivity index (χ3n) is 3.15. The highest BCUT2D eigenvalue weighted by molar-refractivity contribution is 9.10. The fourth-order valence-corrected chi connectivity index (χ4v) is 2.88. The molecule has 0 aliphatic rings. The molecule has 0 saturated heterocycles. The number of hydrogen-bond donors (Lipinski definition) is 1. The molecule has 0 radical (unpaired) electrons. The zero-order chi connectivity index (χ0) is 14.0. The average Bonchev–Trinajstić information content (AvgIpc) is 2.89. The van der Waals surface area contributed by atoms with Crippen LogP contribution in [0.25, 0.3) is 0 Å². The summed E-state index contributed by atoms with van der Waals surface area (Å²) < 4.78 is 4.97. The second-order valence-electron chi connectivity index (χ2n) is 4.52. The van der Waals surface area contributed by atoms with E-state index >= 15 is 0 Å². The Hall–Kier alpha value is -1.14. The van der Waals surface area contributed by atoms with Crippen LogP contribution in [-0.2, 0) is 13.6 Å². The van der Waals surface area contributed by atoms with E-state index in [9.17, 15) is 0 Å². The zero-order valence-corrected chi connectivity index (χ0v) is 13.4. The summed E-state index contributed by atoms with van der Waals surface area (Å²) in [5, 5.41) is 12.4. The van der Waals surface area contributed by atoms with E-state index in [1.165, 1.54) is 0 Å². The van der Waals surface area contributed by atoms with Crippen LogP contribution in [0.2, 0.25) is 0 Å². The van der Waals surface area contributed by atoms with Crippen molar-refractivity contribution in [2.24, 2.45) is 7.05 Å². The lowest BCUT2D eigenvalue weighted by molar-refractivity contribution is 0.513. The molecule has 1 unspecified atom stereocenters. The maximum absolute atomic E-state index is 4.44. The number of aromatic nitrogens is 4. The van der Waals surface area contributed by atoms with Gasteiger partial charge in [-0.05, 0) is 42.4 Å². The van der Waals surface area contributed by atoms with Crippen molar-refractivity contribution in [2.45, 2.75) is 33.4 Å². The largest absolute Gasteiger partial charge is 0.304 e. The molecule has 2 heterocycles. The minimum absolute atomic E-state index is 0.0908. The number of nitrogens with zero attached hydrogens (tertiary/aromatic N) is 4. The molecule has 2 aromatic heterocycles. The van der Waals surface area contributed by atoms with Gasteiger partial charge in [-0.25, -0.2) is 0 Å². The lowest BCUT2D eigenvalue weighted by atomic mass is 10.1. The van der Waals surface area contributed by atoms with Crippen molar-refractivity contribution >= 4 is 15.9 Å². The molecule has 0 bridgehead atoms. The van der Waals surface area contributed by atoms with Crippen LogP contribution in [0.3, 0.4) is 0 Å². The van der Waals surface area contributed by atoms with Gasteiger partial charge >= 0.3 is 0 Å². The number of rotatable bonds is 5. The van der Waals surface area contributed by atoms with Gasteiger partial charge in [0.05, 0.1) is 33.8 Å². The maximum Gasteiger partial charge on any atom is 0.0930 e. The Morgan fingerprint density at radius 1 is 1.42 bits per heavy atom. The molecule has 0 amide bonds. The number of halogens is 1. The SMILES string of the molecule is CCNC(c1cc(C)nn1C)c1c(Br)cnn1CC. The van der Waals surface area contributed by atoms with Gasteiger partial charge < -0.3 is 5.32 Å². The second-order valence-corrected chi connectivity index (χ2v) is 5.37. The van der Waals surface area contributed by atoms with E-state index in [-0.39, 0.29) is 6.04 Å². The summed E-state index contributed by atoms with van der Waals surface area (Å²) in [7, 11) is 1.98.